The minimum Gasteiger partial charge on any atom is -0.313 e. The lowest BCUT2D eigenvalue weighted by Gasteiger charge is -1.98. The molecule has 68 valence electrons. The summed E-state index contributed by atoms with van der Waals surface area (Å²) in [6.07, 6.45) is 3.69. The third-order valence-electron chi connectivity index (χ3n) is 1.48. The first-order chi connectivity index (χ1) is 4.58. The standard InChI is InChI=1S/C6H13NO2S.ClH/c1-10(8,9)5-4-7-6-2-3-6;/h6-7H,2-5H2,1H3;1H. The van der Waals surface area contributed by atoms with Gasteiger partial charge in [-0.2, -0.15) is 0 Å². The predicted octanol–water partition coefficient (Wildman–Crippen LogP) is 0.205. The van der Waals surface area contributed by atoms with Gasteiger partial charge in [0.05, 0.1) is 5.75 Å². The van der Waals surface area contributed by atoms with E-state index in [1.807, 2.05) is 0 Å². The van der Waals surface area contributed by atoms with Crippen LogP contribution in [0.3, 0.4) is 0 Å². The maximum absolute atomic E-state index is 10.6. The molecule has 0 heterocycles. The summed E-state index contributed by atoms with van der Waals surface area (Å²) < 4.78 is 21.2. The Hall–Kier alpha value is 0.200. The van der Waals surface area contributed by atoms with Crippen LogP contribution in [-0.2, 0) is 9.84 Å². The molecule has 1 aliphatic rings. The predicted molar refractivity (Wildman–Crippen MR) is 48.0 cm³/mol. The smallest absolute Gasteiger partial charge is 0.148 e. The van der Waals surface area contributed by atoms with Crippen LogP contribution in [-0.4, -0.2) is 33.0 Å². The van der Waals surface area contributed by atoms with Gasteiger partial charge < -0.3 is 5.32 Å². The summed E-state index contributed by atoms with van der Waals surface area (Å²) in [7, 11) is -2.75. The molecule has 0 aromatic rings. The van der Waals surface area contributed by atoms with Crippen molar-refractivity contribution in [3.63, 3.8) is 0 Å². The molecule has 0 aromatic heterocycles. The van der Waals surface area contributed by atoms with Crippen molar-refractivity contribution in [3.05, 3.63) is 0 Å². The largest absolute Gasteiger partial charge is 0.313 e. The Bertz CT molecular complexity index is 199. The fourth-order valence-corrected chi connectivity index (χ4v) is 1.22. The van der Waals surface area contributed by atoms with Crippen molar-refractivity contribution in [2.45, 2.75) is 18.9 Å². The van der Waals surface area contributed by atoms with Crippen molar-refractivity contribution in [1.29, 1.82) is 0 Å². The Morgan fingerprint density at radius 1 is 1.45 bits per heavy atom. The summed E-state index contributed by atoms with van der Waals surface area (Å²) in [5.41, 5.74) is 0. The van der Waals surface area contributed by atoms with E-state index in [9.17, 15) is 8.42 Å². The molecule has 0 radical (unpaired) electrons. The van der Waals surface area contributed by atoms with Crippen molar-refractivity contribution in [1.82, 2.24) is 5.32 Å². The highest BCUT2D eigenvalue weighted by Crippen LogP contribution is 2.17. The molecule has 0 bridgehead atoms. The van der Waals surface area contributed by atoms with Crippen LogP contribution in [0, 0.1) is 0 Å². The molecule has 3 nitrogen and oxygen atoms in total. The van der Waals surface area contributed by atoms with E-state index in [1.54, 1.807) is 0 Å². The maximum atomic E-state index is 10.6. The van der Waals surface area contributed by atoms with Gasteiger partial charge in [-0.3, -0.25) is 0 Å². The first-order valence-corrected chi connectivity index (χ1v) is 5.55. The molecular formula is C6H14ClNO2S. The van der Waals surface area contributed by atoms with Crippen LogP contribution in [0.4, 0.5) is 0 Å². The van der Waals surface area contributed by atoms with Crippen LogP contribution in [0.25, 0.3) is 0 Å². The topological polar surface area (TPSA) is 46.2 Å². The molecule has 0 atom stereocenters. The molecule has 1 N–H and O–H groups in total. The highest BCUT2D eigenvalue weighted by Gasteiger charge is 2.20. The van der Waals surface area contributed by atoms with Crippen LogP contribution in [0.15, 0.2) is 0 Å². The SMILES string of the molecule is CS(=O)(=O)CCNC1CC1.Cl. The maximum Gasteiger partial charge on any atom is 0.148 e. The number of nitrogens with one attached hydrogen (secondary N) is 1. The van der Waals surface area contributed by atoms with Gasteiger partial charge in [0.15, 0.2) is 0 Å². The molecule has 1 rings (SSSR count). The molecule has 0 saturated heterocycles. The lowest BCUT2D eigenvalue weighted by Crippen LogP contribution is -2.23. The second-order valence-electron chi connectivity index (χ2n) is 2.86. The van der Waals surface area contributed by atoms with Crippen molar-refractivity contribution in [2.75, 3.05) is 18.6 Å². The van der Waals surface area contributed by atoms with Crippen LogP contribution in [0.2, 0.25) is 0 Å². The summed E-state index contributed by atoms with van der Waals surface area (Å²) in [5.74, 6) is 0.267. The Kier molecular flexibility index (Phi) is 4.36. The summed E-state index contributed by atoms with van der Waals surface area (Å²) >= 11 is 0. The number of hydrogen-bond donors (Lipinski definition) is 1. The van der Waals surface area contributed by atoms with E-state index in [2.05, 4.69) is 5.32 Å². The molecule has 0 aliphatic heterocycles. The normalized spacial score (nSPS) is 17.5. The Morgan fingerprint density at radius 2 is 2.00 bits per heavy atom. The zero-order valence-corrected chi connectivity index (χ0v) is 8.17. The Labute approximate surface area is 73.9 Å². The number of hydrogen-bond acceptors (Lipinski definition) is 3. The molecule has 1 fully saturated rings. The van der Waals surface area contributed by atoms with Gasteiger partial charge in [0.25, 0.3) is 0 Å². The summed E-state index contributed by atoms with van der Waals surface area (Å²) in [5, 5.41) is 3.13. The van der Waals surface area contributed by atoms with E-state index in [1.165, 1.54) is 19.1 Å². The van der Waals surface area contributed by atoms with Crippen molar-refractivity contribution >= 4 is 22.2 Å². The molecule has 0 spiro atoms. The first-order valence-electron chi connectivity index (χ1n) is 3.49. The van der Waals surface area contributed by atoms with Gasteiger partial charge in [0.2, 0.25) is 0 Å². The Balaban J connectivity index is 0.000001000. The highest BCUT2D eigenvalue weighted by atomic mass is 35.5. The van der Waals surface area contributed by atoms with E-state index in [0.717, 1.165) is 0 Å². The molecule has 0 amide bonds. The van der Waals surface area contributed by atoms with E-state index in [-0.39, 0.29) is 18.2 Å². The average Bonchev–Trinajstić information content (AvgIpc) is 2.45. The van der Waals surface area contributed by atoms with Crippen LogP contribution in [0.5, 0.6) is 0 Å². The molecule has 1 aliphatic carbocycles. The minimum atomic E-state index is -2.75. The van der Waals surface area contributed by atoms with Crippen LogP contribution in [0.1, 0.15) is 12.8 Å². The zero-order chi connectivity index (χ0) is 7.61. The molecule has 0 unspecified atom stereocenters. The van der Waals surface area contributed by atoms with Gasteiger partial charge in [0.1, 0.15) is 9.84 Å². The quantitative estimate of drug-likeness (QED) is 0.704. The second-order valence-corrected chi connectivity index (χ2v) is 5.12. The number of halogens is 1. The van der Waals surface area contributed by atoms with Gasteiger partial charge in [-0.1, -0.05) is 0 Å². The molecule has 0 aromatic carbocycles. The van der Waals surface area contributed by atoms with Crippen molar-refractivity contribution < 1.29 is 8.42 Å². The molecule has 5 heteroatoms. The molecule has 1 saturated carbocycles. The highest BCUT2D eigenvalue weighted by molar-refractivity contribution is 7.90. The summed E-state index contributed by atoms with van der Waals surface area (Å²) in [4.78, 5) is 0. The third-order valence-corrected chi connectivity index (χ3v) is 2.43. The summed E-state index contributed by atoms with van der Waals surface area (Å²) in [6.45, 7) is 0.615. The van der Waals surface area contributed by atoms with Crippen molar-refractivity contribution in [3.8, 4) is 0 Å². The van der Waals surface area contributed by atoms with Gasteiger partial charge in [-0.15, -0.1) is 12.4 Å². The monoisotopic (exact) mass is 199 g/mol. The average molecular weight is 200 g/mol. The lowest BCUT2D eigenvalue weighted by atomic mass is 10.6. The van der Waals surface area contributed by atoms with E-state index in [0.29, 0.717) is 12.6 Å². The van der Waals surface area contributed by atoms with Gasteiger partial charge in [-0.25, -0.2) is 8.42 Å². The second kappa shape index (κ2) is 4.28. The fourth-order valence-electron chi connectivity index (χ4n) is 0.736. The van der Waals surface area contributed by atoms with Gasteiger partial charge in [-0.05, 0) is 12.8 Å². The fraction of sp³-hybridized carbons (Fsp3) is 1.00. The third kappa shape index (κ3) is 6.59. The Morgan fingerprint density at radius 3 is 2.36 bits per heavy atom. The van der Waals surface area contributed by atoms with E-state index in [4.69, 9.17) is 0 Å². The lowest BCUT2D eigenvalue weighted by molar-refractivity contribution is 0.596. The van der Waals surface area contributed by atoms with Crippen LogP contribution < -0.4 is 5.32 Å². The molecular weight excluding hydrogens is 186 g/mol. The summed E-state index contributed by atoms with van der Waals surface area (Å²) in [6, 6.07) is 0.613. The van der Waals surface area contributed by atoms with Gasteiger partial charge in [0, 0.05) is 18.8 Å². The zero-order valence-electron chi connectivity index (χ0n) is 6.54. The number of rotatable bonds is 4. The van der Waals surface area contributed by atoms with E-state index < -0.39 is 9.84 Å². The number of sulfone groups is 1. The van der Waals surface area contributed by atoms with Gasteiger partial charge >= 0.3 is 0 Å². The molecule has 11 heavy (non-hydrogen) atoms. The minimum absolute atomic E-state index is 0. The van der Waals surface area contributed by atoms with E-state index >= 15 is 0 Å². The van der Waals surface area contributed by atoms with Crippen molar-refractivity contribution in [2.24, 2.45) is 0 Å². The first kappa shape index (κ1) is 11.2. The van der Waals surface area contributed by atoms with Crippen LogP contribution >= 0.6 is 12.4 Å².